The fourth-order valence-corrected chi connectivity index (χ4v) is 1.64. The van der Waals surface area contributed by atoms with Crippen LogP contribution in [0.4, 0.5) is 0 Å². The summed E-state index contributed by atoms with van der Waals surface area (Å²) in [5.41, 5.74) is 6.98. The van der Waals surface area contributed by atoms with Crippen LogP contribution in [-0.4, -0.2) is 28.8 Å². The van der Waals surface area contributed by atoms with Crippen molar-refractivity contribution < 1.29 is 4.74 Å². The quantitative estimate of drug-likeness (QED) is 0.687. The van der Waals surface area contributed by atoms with E-state index in [4.69, 9.17) is 10.5 Å². The van der Waals surface area contributed by atoms with Crippen LogP contribution in [0.15, 0.2) is 12.5 Å². The Balaban J connectivity index is 2.19. The maximum atomic E-state index is 5.91. The molecule has 18 heavy (non-hydrogen) atoms. The minimum Gasteiger partial charge on any atom is -0.380 e. The Hall–Kier alpha value is -0.870. The van der Waals surface area contributed by atoms with Crippen molar-refractivity contribution in [1.82, 2.24) is 9.55 Å². The summed E-state index contributed by atoms with van der Waals surface area (Å²) in [5.74, 6) is 0.709. The summed E-state index contributed by atoms with van der Waals surface area (Å²) in [5, 5.41) is 0. The number of hydrogen-bond acceptors (Lipinski definition) is 3. The Bertz CT molecular complexity index is 323. The van der Waals surface area contributed by atoms with Crippen LogP contribution in [-0.2, 0) is 17.7 Å². The maximum Gasteiger partial charge on any atom is 0.0950 e. The van der Waals surface area contributed by atoms with Gasteiger partial charge in [-0.25, -0.2) is 4.98 Å². The molecule has 0 spiro atoms. The first-order valence-electron chi connectivity index (χ1n) is 6.95. The van der Waals surface area contributed by atoms with Crippen LogP contribution < -0.4 is 5.73 Å². The number of nitrogens with zero attached hydrogens (tertiary/aromatic N) is 2. The molecule has 104 valence electrons. The predicted octanol–water partition coefficient (Wildman–Crippen LogP) is 2.23. The van der Waals surface area contributed by atoms with Gasteiger partial charge in [0, 0.05) is 31.8 Å². The van der Waals surface area contributed by atoms with Gasteiger partial charge in [-0.3, -0.25) is 0 Å². The Morgan fingerprint density at radius 3 is 2.83 bits per heavy atom. The lowest BCUT2D eigenvalue weighted by atomic mass is 10.1. The van der Waals surface area contributed by atoms with E-state index in [2.05, 4.69) is 36.5 Å². The average molecular weight is 253 g/mol. The fraction of sp³-hybridized carbons (Fsp3) is 0.786. The zero-order valence-electron chi connectivity index (χ0n) is 11.9. The fourth-order valence-electron chi connectivity index (χ4n) is 1.64. The van der Waals surface area contributed by atoms with E-state index in [-0.39, 0.29) is 6.04 Å². The van der Waals surface area contributed by atoms with Crippen LogP contribution in [0.25, 0.3) is 0 Å². The van der Waals surface area contributed by atoms with Gasteiger partial charge in [0.1, 0.15) is 0 Å². The number of nitrogens with two attached hydrogens (primary N) is 1. The zero-order chi connectivity index (χ0) is 13.4. The van der Waals surface area contributed by atoms with Crippen molar-refractivity contribution >= 4 is 0 Å². The average Bonchev–Trinajstić information content (AvgIpc) is 2.75. The van der Waals surface area contributed by atoms with Gasteiger partial charge in [0.25, 0.3) is 0 Å². The number of aromatic nitrogens is 2. The van der Waals surface area contributed by atoms with Crippen LogP contribution >= 0.6 is 0 Å². The third kappa shape index (κ3) is 6.17. The second-order valence-corrected chi connectivity index (χ2v) is 5.27. The van der Waals surface area contributed by atoms with Crippen LogP contribution in [0, 0.1) is 5.92 Å². The van der Waals surface area contributed by atoms with E-state index < -0.39 is 0 Å². The van der Waals surface area contributed by atoms with Gasteiger partial charge in [-0.15, -0.1) is 0 Å². The first-order chi connectivity index (χ1) is 8.61. The van der Waals surface area contributed by atoms with Gasteiger partial charge < -0.3 is 15.0 Å². The third-order valence-corrected chi connectivity index (χ3v) is 3.02. The van der Waals surface area contributed by atoms with Gasteiger partial charge in [0.2, 0.25) is 0 Å². The molecule has 0 bridgehead atoms. The molecule has 0 aliphatic heterocycles. The summed E-state index contributed by atoms with van der Waals surface area (Å²) < 4.78 is 7.66. The van der Waals surface area contributed by atoms with E-state index in [0.717, 1.165) is 44.7 Å². The number of rotatable bonds is 9. The van der Waals surface area contributed by atoms with E-state index in [1.54, 1.807) is 0 Å². The Labute approximate surface area is 111 Å². The van der Waals surface area contributed by atoms with Crippen LogP contribution in [0.3, 0.4) is 0 Å². The van der Waals surface area contributed by atoms with Gasteiger partial charge in [-0.05, 0) is 18.8 Å². The normalized spacial score (nSPS) is 13.2. The van der Waals surface area contributed by atoms with Crippen molar-refractivity contribution in [1.29, 1.82) is 0 Å². The van der Waals surface area contributed by atoms with Gasteiger partial charge in [-0.1, -0.05) is 20.8 Å². The smallest absolute Gasteiger partial charge is 0.0950 e. The molecular weight excluding hydrogens is 226 g/mol. The Morgan fingerprint density at radius 2 is 2.17 bits per heavy atom. The zero-order valence-corrected chi connectivity index (χ0v) is 11.9. The molecule has 0 saturated heterocycles. The molecule has 1 rings (SSSR count). The summed E-state index contributed by atoms with van der Waals surface area (Å²) in [6.45, 7) is 8.99. The van der Waals surface area contributed by atoms with Gasteiger partial charge in [0.15, 0.2) is 0 Å². The van der Waals surface area contributed by atoms with E-state index in [9.17, 15) is 0 Å². The summed E-state index contributed by atoms with van der Waals surface area (Å²) in [6.07, 6.45) is 6.91. The minimum atomic E-state index is 0.218. The lowest BCUT2D eigenvalue weighted by Crippen LogP contribution is -2.21. The molecule has 4 nitrogen and oxygen atoms in total. The lowest BCUT2D eigenvalue weighted by molar-refractivity contribution is 0.116. The van der Waals surface area contributed by atoms with Gasteiger partial charge in [-0.2, -0.15) is 0 Å². The first-order valence-corrected chi connectivity index (χ1v) is 6.95. The van der Waals surface area contributed by atoms with Crippen LogP contribution in [0.2, 0.25) is 0 Å². The summed E-state index contributed by atoms with van der Waals surface area (Å²) in [7, 11) is 0. The van der Waals surface area contributed by atoms with E-state index in [1.807, 2.05) is 6.33 Å². The van der Waals surface area contributed by atoms with Crippen LogP contribution in [0.1, 0.15) is 39.3 Å². The highest BCUT2D eigenvalue weighted by Gasteiger charge is 2.04. The molecule has 1 atom stereocenters. The molecule has 1 unspecified atom stereocenters. The third-order valence-electron chi connectivity index (χ3n) is 3.02. The van der Waals surface area contributed by atoms with Crippen molar-refractivity contribution in [2.45, 2.75) is 52.6 Å². The SMILES string of the molecule is CCC(N)Cc1cn(CCOCCC(C)C)cn1. The number of ether oxygens (including phenoxy) is 1. The molecule has 0 aliphatic rings. The highest BCUT2D eigenvalue weighted by molar-refractivity contribution is 4.99. The molecule has 1 aromatic heterocycles. The number of hydrogen-bond donors (Lipinski definition) is 1. The van der Waals surface area contributed by atoms with E-state index in [1.165, 1.54) is 0 Å². The highest BCUT2D eigenvalue weighted by Crippen LogP contribution is 2.03. The van der Waals surface area contributed by atoms with Gasteiger partial charge >= 0.3 is 0 Å². The molecule has 0 aromatic carbocycles. The van der Waals surface area contributed by atoms with Crippen molar-refractivity contribution in [2.75, 3.05) is 13.2 Å². The maximum absolute atomic E-state index is 5.91. The molecule has 0 fully saturated rings. The molecule has 0 radical (unpaired) electrons. The van der Waals surface area contributed by atoms with Crippen molar-refractivity contribution in [3.8, 4) is 0 Å². The predicted molar refractivity (Wildman–Crippen MR) is 74.5 cm³/mol. The second-order valence-electron chi connectivity index (χ2n) is 5.27. The largest absolute Gasteiger partial charge is 0.380 e. The standard InChI is InChI=1S/C14H27N3O/c1-4-13(15)9-14-10-17(11-16-14)6-8-18-7-5-12(2)3/h10-13H,4-9,15H2,1-3H3. The van der Waals surface area contributed by atoms with Crippen LogP contribution in [0.5, 0.6) is 0 Å². The summed E-state index contributed by atoms with van der Waals surface area (Å²) >= 11 is 0. The highest BCUT2D eigenvalue weighted by atomic mass is 16.5. The monoisotopic (exact) mass is 253 g/mol. The molecule has 0 amide bonds. The summed E-state index contributed by atoms with van der Waals surface area (Å²) in [6, 6.07) is 0.218. The molecule has 0 saturated carbocycles. The topological polar surface area (TPSA) is 53.1 Å². The Morgan fingerprint density at radius 1 is 1.39 bits per heavy atom. The van der Waals surface area contributed by atoms with Gasteiger partial charge in [0.05, 0.1) is 18.6 Å². The second kappa shape index (κ2) is 8.27. The summed E-state index contributed by atoms with van der Waals surface area (Å²) in [4.78, 5) is 4.36. The molecule has 2 N–H and O–H groups in total. The van der Waals surface area contributed by atoms with Crippen molar-refractivity contribution in [3.63, 3.8) is 0 Å². The van der Waals surface area contributed by atoms with E-state index in [0.29, 0.717) is 5.92 Å². The minimum absolute atomic E-state index is 0.218. The molecule has 1 heterocycles. The molecule has 4 heteroatoms. The molecule has 1 aromatic rings. The molecular formula is C14H27N3O. The first kappa shape index (κ1) is 15.2. The van der Waals surface area contributed by atoms with Crippen molar-refractivity contribution in [3.05, 3.63) is 18.2 Å². The Kier molecular flexibility index (Phi) is 6.98. The molecule has 0 aliphatic carbocycles. The lowest BCUT2D eigenvalue weighted by Gasteiger charge is -2.07. The van der Waals surface area contributed by atoms with Crippen molar-refractivity contribution in [2.24, 2.45) is 11.7 Å². The number of imidazole rings is 1. The van der Waals surface area contributed by atoms with E-state index >= 15 is 0 Å².